The van der Waals surface area contributed by atoms with Crippen molar-refractivity contribution >= 4 is 90.9 Å². The summed E-state index contributed by atoms with van der Waals surface area (Å²) in [7, 11) is 13.0. The molecule has 212 valence electrons. The van der Waals surface area contributed by atoms with Crippen LogP contribution in [0.25, 0.3) is 0 Å². The quantitative estimate of drug-likeness (QED) is 0.123. The third kappa shape index (κ3) is 17.7. The molecule has 2 unspecified atom stereocenters. The molecule has 0 aliphatic carbocycles. The van der Waals surface area contributed by atoms with Gasteiger partial charge in [-0.1, -0.05) is 90.0 Å². The molecule has 4 aromatic carbocycles. The molecule has 4 nitrogen and oxygen atoms in total. The van der Waals surface area contributed by atoms with Gasteiger partial charge in [-0.15, -0.1) is 0 Å². The van der Waals surface area contributed by atoms with Gasteiger partial charge in [0.15, 0.2) is 0 Å². The Bertz CT molecular complexity index is 1400. The first-order chi connectivity index (χ1) is 17.3. The predicted octanol–water partition coefficient (Wildman–Crippen LogP) is 8.24. The van der Waals surface area contributed by atoms with Crippen molar-refractivity contribution in [1.29, 1.82) is 0 Å². The van der Waals surface area contributed by atoms with Gasteiger partial charge in [0.05, 0.1) is 14.7 Å². The van der Waals surface area contributed by atoms with Crippen LogP contribution in [0.15, 0.2) is 130 Å². The highest BCUT2D eigenvalue weighted by Crippen LogP contribution is 2.20. The molecule has 39 heavy (non-hydrogen) atoms. The lowest BCUT2D eigenvalue weighted by Gasteiger charge is -2.04. The molecule has 0 aliphatic rings. The minimum absolute atomic E-state index is 0. The van der Waals surface area contributed by atoms with Gasteiger partial charge >= 0.3 is 11.4 Å². The average molecular weight is 702 g/mol. The van der Waals surface area contributed by atoms with Gasteiger partial charge in [0, 0.05) is 10.7 Å². The Morgan fingerprint density at radius 2 is 0.769 bits per heavy atom. The first-order valence-corrected chi connectivity index (χ1v) is 19.7. The molecule has 4 rings (SSSR count). The molecule has 0 radical (unpaired) electrons. The second kappa shape index (κ2) is 21.1. The second-order valence-electron chi connectivity index (χ2n) is 7.28. The van der Waals surface area contributed by atoms with Crippen LogP contribution in [0.5, 0.6) is 0 Å². The minimum atomic E-state index is -3.53. The van der Waals surface area contributed by atoms with Gasteiger partial charge in [-0.2, -0.15) is 19.8 Å². The lowest BCUT2D eigenvalue weighted by Crippen LogP contribution is -2.01. The fourth-order valence-corrected chi connectivity index (χ4v) is 4.64. The molecule has 0 amide bonds. The Labute approximate surface area is 260 Å². The smallest absolute Gasteiger partial charge is 0.219 e. The lowest BCUT2D eigenvalue weighted by atomic mass is 10.2. The molecular formula is C26H31AlCl4O4P2S2. The monoisotopic (exact) mass is 700 g/mol. The van der Waals surface area contributed by atoms with Crippen LogP contribution in [-0.4, -0.2) is 28.2 Å². The van der Waals surface area contributed by atoms with E-state index < -0.39 is 30.3 Å². The molecule has 0 saturated heterocycles. The zero-order valence-electron chi connectivity index (χ0n) is 21.4. The van der Waals surface area contributed by atoms with Crippen molar-refractivity contribution in [3.05, 3.63) is 126 Å². The maximum Gasteiger partial charge on any atom is 0.643 e. The second-order valence-corrected chi connectivity index (χ2v) is 18.2. The molecule has 0 fully saturated rings. The highest BCUT2D eigenvalue weighted by atomic mass is 35.8. The van der Waals surface area contributed by atoms with E-state index in [1.807, 2.05) is 25.1 Å². The summed E-state index contributed by atoms with van der Waals surface area (Å²) in [6.45, 7) is 4.01. The van der Waals surface area contributed by atoms with Crippen molar-refractivity contribution < 1.29 is 16.8 Å². The molecule has 13 heteroatoms. The zero-order chi connectivity index (χ0) is 27.9. The van der Waals surface area contributed by atoms with Crippen LogP contribution >= 0.6 is 60.6 Å². The van der Waals surface area contributed by atoms with Crippen molar-refractivity contribution in [2.75, 3.05) is 0 Å². The Kier molecular flexibility index (Phi) is 21.9. The highest BCUT2D eigenvalue weighted by Gasteiger charge is 2.16. The van der Waals surface area contributed by atoms with E-state index in [1.165, 1.54) is 17.7 Å². The first kappa shape index (κ1) is 40.5. The predicted molar refractivity (Wildman–Crippen MR) is 179 cm³/mol. The fourth-order valence-electron chi connectivity index (χ4n) is 2.57. The van der Waals surface area contributed by atoms with Crippen LogP contribution in [0.1, 0.15) is 11.1 Å². The molecule has 0 heterocycles. The number of sulfone groups is 1. The molecule has 0 bridgehead atoms. The summed E-state index contributed by atoms with van der Waals surface area (Å²) in [5.41, 5.74) is 2.37. The average Bonchev–Trinajstić information content (AvgIpc) is 2.86. The number of hydrogen-bond acceptors (Lipinski definition) is 4. The summed E-state index contributed by atoms with van der Waals surface area (Å²) in [4.78, 5) is 0.805. The van der Waals surface area contributed by atoms with E-state index in [1.54, 1.807) is 72.8 Å². The lowest BCUT2D eigenvalue weighted by molar-refractivity contribution is 0.596. The van der Waals surface area contributed by atoms with E-state index in [0.29, 0.717) is 9.79 Å². The van der Waals surface area contributed by atoms with Crippen molar-refractivity contribution in [3.63, 3.8) is 0 Å². The SMILES string of the molecule is Cc1ccc(S(=O)(=O)c2ccccc2)cc1.Cc1ccccc1.O=S(=O)(Cl)c1ccccc1.P.P.[Cl][Al]([Cl])[Cl]. The van der Waals surface area contributed by atoms with E-state index in [-0.39, 0.29) is 24.7 Å². The fraction of sp³-hybridized carbons (Fsp3) is 0.0769. The Hall–Kier alpha value is -0.668. The van der Waals surface area contributed by atoms with Crippen LogP contribution in [0, 0.1) is 13.8 Å². The van der Waals surface area contributed by atoms with Crippen molar-refractivity contribution in [1.82, 2.24) is 0 Å². The van der Waals surface area contributed by atoms with E-state index >= 15 is 0 Å². The van der Waals surface area contributed by atoms with Crippen LogP contribution < -0.4 is 0 Å². The minimum Gasteiger partial charge on any atom is -0.219 e. The third-order valence-electron chi connectivity index (χ3n) is 4.35. The molecular weight excluding hydrogens is 671 g/mol. The summed E-state index contributed by atoms with van der Waals surface area (Å²) in [5, 5.41) is 0. The van der Waals surface area contributed by atoms with Gasteiger partial charge in [0.25, 0.3) is 9.05 Å². The topological polar surface area (TPSA) is 68.3 Å². The van der Waals surface area contributed by atoms with Crippen molar-refractivity contribution in [2.24, 2.45) is 0 Å². The van der Waals surface area contributed by atoms with Gasteiger partial charge in [0.2, 0.25) is 9.84 Å². The first-order valence-electron chi connectivity index (χ1n) is 10.6. The largest absolute Gasteiger partial charge is 0.643 e. The maximum atomic E-state index is 12.1. The summed E-state index contributed by atoms with van der Waals surface area (Å²) in [6.07, 6.45) is 0. The highest BCUT2D eigenvalue weighted by molar-refractivity contribution is 8.13. The van der Waals surface area contributed by atoms with Crippen LogP contribution in [-0.2, 0) is 18.9 Å². The number of hydrogen-bond donors (Lipinski definition) is 0. The summed E-state index contributed by atoms with van der Waals surface area (Å²) >= 11 is -1.72. The number of rotatable bonds is 3. The van der Waals surface area contributed by atoms with Gasteiger partial charge in [-0.25, -0.2) is 47.0 Å². The molecule has 4 aromatic rings. The maximum absolute atomic E-state index is 12.1. The Morgan fingerprint density at radius 3 is 1.05 bits per heavy atom. The molecule has 0 aromatic heterocycles. The summed E-state index contributed by atoms with van der Waals surface area (Å²) in [6, 6.07) is 33.5. The Balaban J connectivity index is 0. The molecule has 0 spiro atoms. The van der Waals surface area contributed by atoms with E-state index in [4.69, 9.17) is 40.8 Å². The van der Waals surface area contributed by atoms with Crippen LogP contribution in [0.2, 0.25) is 0 Å². The van der Waals surface area contributed by atoms with E-state index in [2.05, 4.69) is 19.1 Å². The van der Waals surface area contributed by atoms with Crippen molar-refractivity contribution in [2.45, 2.75) is 28.5 Å². The van der Waals surface area contributed by atoms with Crippen LogP contribution in [0.3, 0.4) is 0 Å². The van der Waals surface area contributed by atoms with Crippen LogP contribution in [0.4, 0.5) is 0 Å². The number of halogens is 4. The zero-order valence-corrected chi connectivity index (χ0v) is 30.1. The number of aryl methyl sites for hydroxylation is 2. The number of benzene rings is 4. The van der Waals surface area contributed by atoms with E-state index in [9.17, 15) is 16.8 Å². The van der Waals surface area contributed by atoms with Crippen molar-refractivity contribution in [3.8, 4) is 0 Å². The molecule has 0 aliphatic heterocycles. The molecule has 0 N–H and O–H groups in total. The van der Waals surface area contributed by atoms with Gasteiger partial charge in [-0.05, 0) is 50.2 Å². The molecule has 2 atom stereocenters. The van der Waals surface area contributed by atoms with Gasteiger partial charge in [-0.3, -0.25) is 0 Å². The molecule has 0 saturated carbocycles. The van der Waals surface area contributed by atoms with Gasteiger partial charge in [0.1, 0.15) is 0 Å². The standard InChI is InChI=1S/C13H12O2S.C7H8.C6H5ClO2S.Al.3ClH.2H3P/c1-11-7-9-13(10-8-11)16(14,15)12-5-3-2-4-6-12;1-7-5-3-2-4-6-7;7-10(8,9)6-4-2-1-3-5-6;;;;;;/h2-10H,1H3;2-6H,1H3;1-5H;;3*1H;2*1H3/q;;;+3;;;;;/p-3. The Morgan fingerprint density at radius 1 is 0.487 bits per heavy atom. The normalized spacial score (nSPS) is 9.79. The summed E-state index contributed by atoms with van der Waals surface area (Å²) in [5.74, 6) is 0. The van der Waals surface area contributed by atoms with Gasteiger partial charge < -0.3 is 0 Å². The third-order valence-corrected chi connectivity index (χ3v) is 7.51. The van der Waals surface area contributed by atoms with E-state index in [0.717, 1.165) is 5.56 Å². The summed E-state index contributed by atoms with van der Waals surface area (Å²) < 4.78 is 45.5.